The number of rotatable bonds is 5. The topological polar surface area (TPSA) is 57.1 Å². The lowest BCUT2D eigenvalue weighted by molar-refractivity contribution is -0.113. The fraction of sp³-hybridized carbons (Fsp3) is 0.400. The fourth-order valence-electron chi connectivity index (χ4n) is 4.02. The summed E-state index contributed by atoms with van der Waals surface area (Å²) in [6.45, 7) is 9.32. The predicted octanol–water partition coefficient (Wildman–Crippen LogP) is 5.34. The average Bonchev–Trinajstić information content (AvgIpc) is 3.14. The third kappa shape index (κ3) is 5.25. The van der Waals surface area contributed by atoms with Crippen molar-refractivity contribution in [2.24, 2.45) is 9.98 Å². The van der Waals surface area contributed by atoms with Crippen molar-refractivity contribution in [3.05, 3.63) is 64.2 Å². The maximum absolute atomic E-state index is 12.7. The van der Waals surface area contributed by atoms with Gasteiger partial charge in [-0.25, -0.2) is 4.99 Å². The molecule has 0 saturated carbocycles. The van der Waals surface area contributed by atoms with Crippen LogP contribution in [0, 0.1) is 13.8 Å². The molecule has 2 aromatic carbocycles. The monoisotopic (exact) mass is 468 g/mol. The van der Waals surface area contributed by atoms with Crippen LogP contribution in [0.1, 0.15) is 36.5 Å². The zero-order chi connectivity index (χ0) is 22.7. The molecule has 32 heavy (non-hydrogen) atoms. The zero-order valence-electron chi connectivity index (χ0n) is 18.8. The van der Waals surface area contributed by atoms with E-state index in [1.165, 1.54) is 17.3 Å². The molecule has 1 spiro atoms. The Labute approximate surface area is 199 Å². The Bertz CT molecular complexity index is 1060. The maximum atomic E-state index is 12.7. The minimum Gasteiger partial charge on any atom is -0.325 e. The Hall–Kier alpha value is -2.15. The van der Waals surface area contributed by atoms with E-state index in [2.05, 4.69) is 24.1 Å². The first kappa shape index (κ1) is 23.0. The van der Waals surface area contributed by atoms with Crippen LogP contribution >= 0.6 is 23.4 Å². The molecule has 2 heterocycles. The summed E-state index contributed by atoms with van der Waals surface area (Å²) >= 11 is 7.56. The quantitative estimate of drug-likeness (QED) is 0.644. The number of aliphatic imine (C=N–C) groups is 2. The first-order chi connectivity index (χ1) is 15.4. The van der Waals surface area contributed by atoms with Crippen LogP contribution in [0.25, 0.3) is 0 Å². The third-order valence-corrected chi connectivity index (χ3v) is 7.40. The van der Waals surface area contributed by atoms with E-state index >= 15 is 0 Å². The lowest BCUT2D eigenvalue weighted by atomic mass is 9.98. The van der Waals surface area contributed by atoms with Crippen molar-refractivity contribution < 1.29 is 4.79 Å². The van der Waals surface area contributed by atoms with Crippen LogP contribution in [0.5, 0.6) is 0 Å². The van der Waals surface area contributed by atoms with Gasteiger partial charge in [0.15, 0.2) is 5.66 Å². The number of hydrogen-bond donors (Lipinski definition) is 1. The van der Waals surface area contributed by atoms with Crippen LogP contribution in [0.3, 0.4) is 0 Å². The molecule has 1 saturated heterocycles. The molecular weight excluding hydrogens is 440 g/mol. The van der Waals surface area contributed by atoms with Crippen LogP contribution in [-0.2, 0) is 4.79 Å². The molecule has 1 fully saturated rings. The number of amides is 1. The summed E-state index contributed by atoms with van der Waals surface area (Å²) in [5, 5.41) is 4.53. The molecule has 4 rings (SSSR count). The van der Waals surface area contributed by atoms with E-state index in [0.29, 0.717) is 5.02 Å². The van der Waals surface area contributed by atoms with Gasteiger partial charge in [0.2, 0.25) is 5.91 Å². The second-order valence-electron chi connectivity index (χ2n) is 8.44. The minimum atomic E-state index is -0.409. The lowest BCUT2D eigenvalue weighted by Crippen LogP contribution is -2.41. The SMILES string of the molecule is CCN1CCC2(CC1)N=C(SCC(=O)Nc1ccc(C)c(C)c1)C(c1ccc(Cl)cc1)=N2. The molecule has 0 radical (unpaired) electrons. The van der Waals surface area contributed by atoms with Gasteiger partial charge in [0, 0.05) is 42.2 Å². The number of carbonyl (C=O) groups excluding carboxylic acids is 1. The van der Waals surface area contributed by atoms with Crippen molar-refractivity contribution in [2.75, 3.05) is 30.7 Å². The summed E-state index contributed by atoms with van der Waals surface area (Å²) in [5.41, 5.74) is 4.64. The standard InChI is InChI=1S/C25H29ClN4OS/c1-4-30-13-11-25(12-14-30)28-23(19-6-8-20(26)9-7-19)24(29-25)32-16-22(31)27-21-10-5-17(2)18(3)15-21/h5-10,15H,4,11-14,16H2,1-3H3,(H,27,31). The second kappa shape index (κ2) is 9.77. The van der Waals surface area contributed by atoms with Crippen molar-refractivity contribution in [1.29, 1.82) is 0 Å². The van der Waals surface area contributed by atoms with Gasteiger partial charge in [-0.05, 0) is 55.8 Å². The second-order valence-corrected chi connectivity index (χ2v) is 9.84. The van der Waals surface area contributed by atoms with Gasteiger partial charge in [-0.1, -0.05) is 48.5 Å². The first-order valence-corrected chi connectivity index (χ1v) is 12.4. The number of aryl methyl sites for hydroxylation is 2. The van der Waals surface area contributed by atoms with Gasteiger partial charge in [-0.15, -0.1) is 0 Å². The lowest BCUT2D eigenvalue weighted by Gasteiger charge is -2.34. The Morgan fingerprint density at radius 2 is 1.81 bits per heavy atom. The normalized spacial score (nSPS) is 17.9. The van der Waals surface area contributed by atoms with Gasteiger partial charge in [0.1, 0.15) is 5.04 Å². The summed E-state index contributed by atoms with van der Waals surface area (Å²) in [7, 11) is 0. The molecule has 0 atom stereocenters. The van der Waals surface area contributed by atoms with Crippen LogP contribution in [0.4, 0.5) is 5.69 Å². The molecule has 7 heteroatoms. The molecular formula is C25H29ClN4OS. The molecule has 1 N–H and O–H groups in total. The van der Waals surface area contributed by atoms with E-state index in [1.54, 1.807) is 0 Å². The maximum Gasteiger partial charge on any atom is 0.234 e. The molecule has 2 aliphatic heterocycles. The van der Waals surface area contributed by atoms with Crippen molar-refractivity contribution >= 4 is 45.7 Å². The van der Waals surface area contributed by atoms with Crippen LogP contribution in [-0.4, -0.2) is 52.6 Å². The highest BCUT2D eigenvalue weighted by atomic mass is 35.5. The molecule has 0 unspecified atom stereocenters. The molecule has 0 aromatic heterocycles. The van der Waals surface area contributed by atoms with Gasteiger partial charge in [0.25, 0.3) is 0 Å². The van der Waals surface area contributed by atoms with E-state index < -0.39 is 5.66 Å². The van der Waals surface area contributed by atoms with Crippen LogP contribution in [0.15, 0.2) is 52.4 Å². The number of thioether (sulfide) groups is 1. The molecule has 168 valence electrons. The van der Waals surface area contributed by atoms with E-state index in [9.17, 15) is 4.79 Å². The Morgan fingerprint density at radius 1 is 1.09 bits per heavy atom. The number of carbonyl (C=O) groups is 1. The predicted molar refractivity (Wildman–Crippen MR) is 137 cm³/mol. The number of nitrogens with zero attached hydrogens (tertiary/aromatic N) is 3. The van der Waals surface area contributed by atoms with Gasteiger partial charge in [-0.3, -0.25) is 9.79 Å². The summed E-state index contributed by atoms with van der Waals surface area (Å²) in [6.07, 6.45) is 1.80. The Balaban J connectivity index is 1.50. The van der Waals surface area contributed by atoms with Crippen molar-refractivity contribution in [1.82, 2.24) is 4.90 Å². The minimum absolute atomic E-state index is 0.0434. The van der Waals surface area contributed by atoms with Crippen molar-refractivity contribution in [3.8, 4) is 0 Å². The third-order valence-electron chi connectivity index (χ3n) is 6.18. The molecule has 5 nitrogen and oxygen atoms in total. The van der Waals surface area contributed by atoms with Crippen LogP contribution < -0.4 is 5.32 Å². The smallest absolute Gasteiger partial charge is 0.234 e. The highest BCUT2D eigenvalue weighted by molar-refractivity contribution is 8.16. The zero-order valence-corrected chi connectivity index (χ0v) is 20.4. The fourth-order valence-corrected chi connectivity index (χ4v) is 5.02. The number of benzene rings is 2. The molecule has 2 aliphatic rings. The molecule has 2 aromatic rings. The first-order valence-electron chi connectivity index (χ1n) is 11.1. The van der Waals surface area contributed by atoms with Gasteiger partial charge < -0.3 is 10.2 Å². The van der Waals surface area contributed by atoms with E-state index in [1.807, 2.05) is 49.4 Å². The number of nitrogens with one attached hydrogen (secondary N) is 1. The number of halogens is 1. The van der Waals surface area contributed by atoms with Gasteiger partial charge >= 0.3 is 0 Å². The summed E-state index contributed by atoms with van der Waals surface area (Å²) in [4.78, 5) is 25.3. The van der Waals surface area contributed by atoms with Gasteiger partial charge in [-0.2, -0.15) is 0 Å². The van der Waals surface area contributed by atoms with Crippen LogP contribution in [0.2, 0.25) is 5.02 Å². The number of likely N-dealkylation sites (tertiary alicyclic amines) is 1. The summed E-state index contributed by atoms with van der Waals surface area (Å²) in [6, 6.07) is 13.7. The Morgan fingerprint density at radius 3 is 2.47 bits per heavy atom. The average molecular weight is 469 g/mol. The Kier molecular flexibility index (Phi) is 7.03. The highest BCUT2D eigenvalue weighted by Gasteiger charge is 2.39. The van der Waals surface area contributed by atoms with Crippen molar-refractivity contribution in [3.63, 3.8) is 0 Å². The molecule has 0 bridgehead atoms. The molecule has 0 aliphatic carbocycles. The van der Waals surface area contributed by atoms with Crippen molar-refractivity contribution in [2.45, 2.75) is 39.3 Å². The van der Waals surface area contributed by atoms with E-state index in [-0.39, 0.29) is 11.7 Å². The summed E-state index contributed by atoms with van der Waals surface area (Å²) < 4.78 is 0. The van der Waals surface area contributed by atoms with E-state index in [0.717, 1.165) is 60.0 Å². The largest absolute Gasteiger partial charge is 0.325 e. The van der Waals surface area contributed by atoms with E-state index in [4.69, 9.17) is 21.6 Å². The van der Waals surface area contributed by atoms with Gasteiger partial charge in [0.05, 0.1) is 11.5 Å². The highest BCUT2D eigenvalue weighted by Crippen LogP contribution is 2.35. The number of piperidine rings is 1. The summed E-state index contributed by atoms with van der Waals surface area (Å²) in [5.74, 6) is 0.244. The molecule has 1 amide bonds. The number of anilines is 1. The number of hydrogen-bond acceptors (Lipinski definition) is 5.